The molecule has 19 heavy (non-hydrogen) atoms. The van der Waals surface area contributed by atoms with Crippen molar-refractivity contribution in [2.24, 2.45) is 23.2 Å². The smallest absolute Gasteiger partial charge is 0.0121 e. The molecular weight excluding hydrogens is 230 g/mol. The van der Waals surface area contributed by atoms with Crippen molar-refractivity contribution in [3.63, 3.8) is 0 Å². The number of nitrogens with one attached hydrogen (secondary N) is 1. The van der Waals surface area contributed by atoms with E-state index in [1.807, 2.05) is 0 Å². The Labute approximate surface area is 120 Å². The highest BCUT2D eigenvalue weighted by Crippen LogP contribution is 2.39. The Morgan fingerprint density at radius 2 is 1.79 bits per heavy atom. The van der Waals surface area contributed by atoms with Gasteiger partial charge in [0.05, 0.1) is 0 Å². The molecule has 0 aliphatic heterocycles. The zero-order chi connectivity index (χ0) is 14.0. The molecule has 2 aliphatic carbocycles. The Morgan fingerprint density at radius 1 is 1.05 bits per heavy atom. The van der Waals surface area contributed by atoms with Gasteiger partial charge >= 0.3 is 0 Å². The standard InChI is InChI=1S/C18H35N/c1-13(2)15-10-9-14(3)12-16(15)19-17-8-6-7-11-18(17,4)5/h13-17,19H,6-12H2,1-5H3. The van der Waals surface area contributed by atoms with Crippen LogP contribution in [0.1, 0.15) is 79.6 Å². The summed E-state index contributed by atoms with van der Waals surface area (Å²) in [5.41, 5.74) is 0.500. The summed E-state index contributed by atoms with van der Waals surface area (Å²) in [4.78, 5) is 0. The van der Waals surface area contributed by atoms with Gasteiger partial charge in [0.1, 0.15) is 0 Å². The number of hydrogen-bond acceptors (Lipinski definition) is 1. The summed E-state index contributed by atoms with van der Waals surface area (Å²) < 4.78 is 0. The molecule has 112 valence electrons. The van der Waals surface area contributed by atoms with Crippen molar-refractivity contribution in [1.82, 2.24) is 5.32 Å². The van der Waals surface area contributed by atoms with Crippen molar-refractivity contribution >= 4 is 0 Å². The molecule has 0 aromatic rings. The summed E-state index contributed by atoms with van der Waals surface area (Å²) in [5, 5.41) is 4.11. The quantitative estimate of drug-likeness (QED) is 0.756. The molecule has 1 nitrogen and oxygen atoms in total. The summed E-state index contributed by atoms with van der Waals surface area (Å²) in [5.74, 6) is 2.64. The van der Waals surface area contributed by atoms with Crippen LogP contribution < -0.4 is 5.32 Å². The maximum atomic E-state index is 4.11. The third-order valence-corrected chi connectivity index (χ3v) is 5.94. The Hall–Kier alpha value is -0.0400. The molecule has 0 aromatic heterocycles. The molecule has 2 fully saturated rings. The molecule has 4 atom stereocenters. The maximum absolute atomic E-state index is 4.11. The molecule has 0 aromatic carbocycles. The first kappa shape index (κ1) is 15.4. The van der Waals surface area contributed by atoms with E-state index in [0.29, 0.717) is 5.41 Å². The molecule has 2 saturated carbocycles. The van der Waals surface area contributed by atoms with Crippen LogP contribution in [0.2, 0.25) is 0 Å². The van der Waals surface area contributed by atoms with Crippen LogP contribution in [0.25, 0.3) is 0 Å². The largest absolute Gasteiger partial charge is 0.310 e. The lowest BCUT2D eigenvalue weighted by atomic mass is 9.70. The fraction of sp³-hybridized carbons (Fsp3) is 1.00. The monoisotopic (exact) mass is 265 g/mol. The molecular formula is C18H35N. The van der Waals surface area contributed by atoms with Gasteiger partial charge in [-0.25, -0.2) is 0 Å². The molecule has 0 radical (unpaired) electrons. The lowest BCUT2D eigenvalue weighted by Gasteiger charge is -2.46. The van der Waals surface area contributed by atoms with Crippen molar-refractivity contribution in [1.29, 1.82) is 0 Å². The predicted molar refractivity (Wildman–Crippen MR) is 84.3 cm³/mol. The average molecular weight is 265 g/mol. The van der Waals surface area contributed by atoms with Crippen LogP contribution in [0, 0.1) is 23.2 Å². The summed E-state index contributed by atoms with van der Waals surface area (Å²) in [7, 11) is 0. The lowest BCUT2D eigenvalue weighted by molar-refractivity contribution is 0.101. The Bertz CT molecular complexity index is 281. The predicted octanol–water partition coefficient (Wildman–Crippen LogP) is 5.01. The van der Waals surface area contributed by atoms with E-state index < -0.39 is 0 Å². The Balaban J connectivity index is 2.01. The molecule has 2 aliphatic rings. The van der Waals surface area contributed by atoms with Crippen molar-refractivity contribution in [2.75, 3.05) is 0 Å². The summed E-state index contributed by atoms with van der Waals surface area (Å²) in [6.45, 7) is 12.2. The zero-order valence-electron chi connectivity index (χ0n) is 13.8. The van der Waals surface area contributed by atoms with Gasteiger partial charge in [-0.2, -0.15) is 0 Å². The van der Waals surface area contributed by atoms with Gasteiger partial charge in [0.15, 0.2) is 0 Å². The highest BCUT2D eigenvalue weighted by atomic mass is 15.0. The molecule has 0 heterocycles. The van der Waals surface area contributed by atoms with Crippen LogP contribution in [0.15, 0.2) is 0 Å². The second-order valence-electron chi connectivity index (χ2n) is 8.39. The SMILES string of the molecule is CC1CCC(C(C)C)C(NC2CCCCC2(C)C)C1. The van der Waals surface area contributed by atoms with Gasteiger partial charge in [-0.05, 0) is 48.9 Å². The van der Waals surface area contributed by atoms with E-state index in [1.165, 1.54) is 44.9 Å². The molecule has 1 N–H and O–H groups in total. The van der Waals surface area contributed by atoms with Crippen LogP contribution in [0.4, 0.5) is 0 Å². The van der Waals surface area contributed by atoms with Crippen molar-refractivity contribution in [2.45, 2.75) is 91.6 Å². The van der Waals surface area contributed by atoms with E-state index in [-0.39, 0.29) is 0 Å². The van der Waals surface area contributed by atoms with E-state index >= 15 is 0 Å². The topological polar surface area (TPSA) is 12.0 Å². The fourth-order valence-electron chi connectivity index (χ4n) is 4.46. The van der Waals surface area contributed by atoms with Crippen LogP contribution in [-0.2, 0) is 0 Å². The van der Waals surface area contributed by atoms with Crippen molar-refractivity contribution in [3.05, 3.63) is 0 Å². The van der Waals surface area contributed by atoms with Gasteiger partial charge < -0.3 is 5.32 Å². The van der Waals surface area contributed by atoms with Gasteiger partial charge in [0.2, 0.25) is 0 Å². The third-order valence-electron chi connectivity index (χ3n) is 5.94. The fourth-order valence-corrected chi connectivity index (χ4v) is 4.46. The summed E-state index contributed by atoms with van der Waals surface area (Å²) in [6.07, 6.45) is 9.92. The highest BCUT2D eigenvalue weighted by Gasteiger charge is 2.37. The summed E-state index contributed by atoms with van der Waals surface area (Å²) in [6, 6.07) is 1.52. The highest BCUT2D eigenvalue weighted by molar-refractivity contribution is 4.93. The Morgan fingerprint density at radius 3 is 2.42 bits per heavy atom. The molecule has 0 amide bonds. The van der Waals surface area contributed by atoms with Crippen molar-refractivity contribution in [3.8, 4) is 0 Å². The maximum Gasteiger partial charge on any atom is 0.0121 e. The van der Waals surface area contributed by atoms with E-state index in [0.717, 1.165) is 29.8 Å². The first-order chi connectivity index (χ1) is 8.90. The second kappa shape index (κ2) is 6.16. The van der Waals surface area contributed by atoms with E-state index in [9.17, 15) is 0 Å². The van der Waals surface area contributed by atoms with Crippen LogP contribution in [0.3, 0.4) is 0 Å². The molecule has 0 saturated heterocycles. The van der Waals surface area contributed by atoms with Crippen molar-refractivity contribution < 1.29 is 0 Å². The molecule has 1 heteroatoms. The van der Waals surface area contributed by atoms with E-state index in [2.05, 4.69) is 39.9 Å². The van der Waals surface area contributed by atoms with E-state index in [4.69, 9.17) is 0 Å². The minimum Gasteiger partial charge on any atom is -0.310 e. The third kappa shape index (κ3) is 3.74. The van der Waals surface area contributed by atoms with Gasteiger partial charge in [0, 0.05) is 12.1 Å². The molecule has 2 rings (SSSR count). The number of rotatable bonds is 3. The molecule has 4 unspecified atom stereocenters. The van der Waals surface area contributed by atoms with Crippen LogP contribution in [-0.4, -0.2) is 12.1 Å². The van der Waals surface area contributed by atoms with Crippen LogP contribution >= 0.6 is 0 Å². The molecule has 0 bridgehead atoms. The first-order valence-electron chi connectivity index (χ1n) is 8.66. The lowest BCUT2D eigenvalue weighted by Crippen LogP contribution is -2.53. The number of hydrogen-bond donors (Lipinski definition) is 1. The minimum atomic E-state index is 0.500. The van der Waals surface area contributed by atoms with Crippen LogP contribution in [0.5, 0.6) is 0 Å². The van der Waals surface area contributed by atoms with Gasteiger partial charge in [-0.3, -0.25) is 0 Å². The van der Waals surface area contributed by atoms with Gasteiger partial charge in [-0.1, -0.05) is 53.9 Å². The second-order valence-corrected chi connectivity index (χ2v) is 8.39. The zero-order valence-corrected chi connectivity index (χ0v) is 13.8. The average Bonchev–Trinajstić information content (AvgIpc) is 2.31. The van der Waals surface area contributed by atoms with Gasteiger partial charge in [-0.15, -0.1) is 0 Å². The first-order valence-corrected chi connectivity index (χ1v) is 8.66. The normalized spacial score (nSPS) is 39.5. The molecule has 0 spiro atoms. The van der Waals surface area contributed by atoms with E-state index in [1.54, 1.807) is 0 Å². The summed E-state index contributed by atoms with van der Waals surface area (Å²) >= 11 is 0. The van der Waals surface area contributed by atoms with Gasteiger partial charge in [0.25, 0.3) is 0 Å². The Kier molecular flexibility index (Phi) is 4.98. The minimum absolute atomic E-state index is 0.500.